The monoisotopic (exact) mass is 209 g/mol. The van der Waals surface area contributed by atoms with Crippen LogP contribution in [0.3, 0.4) is 0 Å². The lowest BCUT2D eigenvalue weighted by Gasteiger charge is -2.20. The molecule has 1 atom stereocenters. The van der Waals surface area contributed by atoms with Crippen LogP contribution in [-0.4, -0.2) is 17.5 Å². The van der Waals surface area contributed by atoms with Gasteiger partial charge in [0.05, 0.1) is 0 Å². The fourth-order valence-corrected chi connectivity index (χ4v) is 2.18. The van der Waals surface area contributed by atoms with Crippen LogP contribution in [0.25, 0.3) is 0 Å². The summed E-state index contributed by atoms with van der Waals surface area (Å²) >= 11 is 5.84. The van der Waals surface area contributed by atoms with Gasteiger partial charge < -0.3 is 0 Å². The highest BCUT2D eigenvalue weighted by molar-refractivity contribution is 6.30. The second-order valence-electron chi connectivity index (χ2n) is 4.09. The van der Waals surface area contributed by atoms with Crippen molar-refractivity contribution in [2.45, 2.75) is 32.4 Å². The van der Waals surface area contributed by atoms with Gasteiger partial charge in [-0.3, -0.25) is 4.90 Å². The average molecular weight is 210 g/mol. The molecular weight excluding hydrogens is 194 g/mol. The molecule has 0 amide bonds. The Morgan fingerprint density at radius 1 is 1.36 bits per heavy atom. The number of nitrogens with zero attached hydrogens (tertiary/aromatic N) is 1. The molecule has 0 aliphatic carbocycles. The van der Waals surface area contributed by atoms with Gasteiger partial charge in [0.15, 0.2) is 0 Å². The normalized spacial score (nSPS) is 22.9. The van der Waals surface area contributed by atoms with Gasteiger partial charge in [-0.25, -0.2) is 0 Å². The first kappa shape index (κ1) is 10.0. The van der Waals surface area contributed by atoms with E-state index in [1.54, 1.807) is 0 Å². The first-order chi connectivity index (χ1) is 6.75. The summed E-state index contributed by atoms with van der Waals surface area (Å²) in [6.45, 7) is 4.62. The minimum Gasteiger partial charge on any atom is -0.296 e. The quantitative estimate of drug-likeness (QED) is 0.723. The summed E-state index contributed by atoms with van der Waals surface area (Å²) in [7, 11) is 0. The second-order valence-corrected chi connectivity index (χ2v) is 4.52. The van der Waals surface area contributed by atoms with Crippen LogP contribution in [0.15, 0.2) is 24.3 Å². The van der Waals surface area contributed by atoms with Crippen molar-refractivity contribution in [3.63, 3.8) is 0 Å². The fraction of sp³-hybridized carbons (Fsp3) is 0.500. The van der Waals surface area contributed by atoms with Crippen molar-refractivity contribution in [3.05, 3.63) is 34.9 Å². The fourth-order valence-electron chi connectivity index (χ4n) is 2.05. The molecule has 1 aromatic carbocycles. The minimum atomic E-state index is 0.741. The van der Waals surface area contributed by atoms with Gasteiger partial charge in [0.2, 0.25) is 0 Å². The zero-order valence-corrected chi connectivity index (χ0v) is 9.30. The van der Waals surface area contributed by atoms with E-state index in [0.29, 0.717) is 0 Å². The van der Waals surface area contributed by atoms with Crippen LogP contribution in [0.2, 0.25) is 5.02 Å². The molecule has 1 fully saturated rings. The van der Waals surface area contributed by atoms with Crippen molar-refractivity contribution in [2.75, 3.05) is 6.54 Å². The molecule has 2 heteroatoms. The molecule has 0 N–H and O–H groups in total. The zero-order valence-electron chi connectivity index (χ0n) is 8.54. The highest BCUT2D eigenvalue weighted by Crippen LogP contribution is 2.20. The molecule has 0 unspecified atom stereocenters. The Hall–Kier alpha value is -0.530. The summed E-state index contributed by atoms with van der Waals surface area (Å²) in [4.78, 5) is 2.53. The number of halogens is 1. The highest BCUT2D eigenvalue weighted by atomic mass is 35.5. The highest BCUT2D eigenvalue weighted by Gasteiger charge is 2.19. The van der Waals surface area contributed by atoms with Crippen LogP contribution in [0.5, 0.6) is 0 Å². The predicted octanol–water partition coefficient (Wildman–Crippen LogP) is 3.32. The van der Waals surface area contributed by atoms with Crippen LogP contribution >= 0.6 is 11.6 Å². The Kier molecular flexibility index (Phi) is 3.09. The molecule has 0 saturated carbocycles. The molecule has 76 valence electrons. The molecule has 14 heavy (non-hydrogen) atoms. The van der Waals surface area contributed by atoms with Gasteiger partial charge in [0.25, 0.3) is 0 Å². The van der Waals surface area contributed by atoms with Gasteiger partial charge in [0, 0.05) is 17.6 Å². The molecule has 1 nitrogen and oxygen atoms in total. The predicted molar refractivity (Wildman–Crippen MR) is 60.6 cm³/mol. The number of hydrogen-bond acceptors (Lipinski definition) is 1. The molecule has 1 aliphatic rings. The SMILES string of the molecule is C[C@H]1CCCN1Cc1ccc(Cl)cc1. The van der Waals surface area contributed by atoms with Crippen molar-refractivity contribution in [1.29, 1.82) is 0 Å². The molecule has 0 bridgehead atoms. The zero-order chi connectivity index (χ0) is 9.97. The van der Waals surface area contributed by atoms with Crippen molar-refractivity contribution in [2.24, 2.45) is 0 Å². The summed E-state index contributed by atoms with van der Waals surface area (Å²) < 4.78 is 0. The standard InChI is InChI=1S/C12H16ClN/c1-10-3-2-8-14(10)9-11-4-6-12(13)7-5-11/h4-7,10H,2-3,8-9H2,1H3/t10-/m0/s1. The van der Waals surface area contributed by atoms with Gasteiger partial charge in [-0.15, -0.1) is 0 Å². The van der Waals surface area contributed by atoms with Gasteiger partial charge in [-0.1, -0.05) is 23.7 Å². The van der Waals surface area contributed by atoms with Crippen LogP contribution in [-0.2, 0) is 6.54 Å². The van der Waals surface area contributed by atoms with E-state index in [-0.39, 0.29) is 0 Å². The van der Waals surface area contributed by atoms with Crippen molar-refractivity contribution in [1.82, 2.24) is 4.90 Å². The van der Waals surface area contributed by atoms with Gasteiger partial charge >= 0.3 is 0 Å². The van der Waals surface area contributed by atoms with E-state index < -0.39 is 0 Å². The summed E-state index contributed by atoms with van der Waals surface area (Å²) in [5.74, 6) is 0. The lowest BCUT2D eigenvalue weighted by Crippen LogP contribution is -2.26. The maximum absolute atomic E-state index is 5.84. The largest absolute Gasteiger partial charge is 0.296 e. The Balaban J connectivity index is 2.00. The summed E-state index contributed by atoms with van der Waals surface area (Å²) in [5, 5.41) is 0.822. The van der Waals surface area contributed by atoms with E-state index in [2.05, 4.69) is 24.0 Å². The van der Waals surface area contributed by atoms with E-state index >= 15 is 0 Å². The minimum absolute atomic E-state index is 0.741. The molecule has 0 radical (unpaired) electrons. The molecular formula is C12H16ClN. The number of hydrogen-bond donors (Lipinski definition) is 0. The lowest BCUT2D eigenvalue weighted by atomic mass is 10.2. The molecule has 1 heterocycles. The third kappa shape index (κ3) is 2.28. The molecule has 0 spiro atoms. The second kappa shape index (κ2) is 4.33. The maximum atomic E-state index is 5.84. The van der Waals surface area contributed by atoms with Gasteiger partial charge in [0.1, 0.15) is 0 Å². The molecule has 0 aromatic heterocycles. The molecule has 1 saturated heterocycles. The first-order valence-electron chi connectivity index (χ1n) is 5.24. The molecule has 1 aliphatic heterocycles. The lowest BCUT2D eigenvalue weighted by molar-refractivity contribution is 0.260. The molecule has 2 rings (SSSR count). The summed E-state index contributed by atoms with van der Waals surface area (Å²) in [5.41, 5.74) is 1.36. The van der Waals surface area contributed by atoms with Crippen LogP contribution in [0, 0.1) is 0 Å². The van der Waals surface area contributed by atoms with Crippen molar-refractivity contribution < 1.29 is 0 Å². The average Bonchev–Trinajstić information content (AvgIpc) is 2.56. The Morgan fingerprint density at radius 2 is 2.07 bits per heavy atom. The smallest absolute Gasteiger partial charge is 0.0406 e. The summed E-state index contributed by atoms with van der Waals surface area (Å²) in [6.07, 6.45) is 2.68. The Morgan fingerprint density at radius 3 is 2.64 bits per heavy atom. The van der Waals surface area contributed by atoms with Crippen LogP contribution in [0.4, 0.5) is 0 Å². The van der Waals surface area contributed by atoms with E-state index in [9.17, 15) is 0 Å². The van der Waals surface area contributed by atoms with Crippen LogP contribution < -0.4 is 0 Å². The van der Waals surface area contributed by atoms with E-state index in [1.807, 2.05) is 12.1 Å². The van der Waals surface area contributed by atoms with Crippen molar-refractivity contribution in [3.8, 4) is 0 Å². The Labute approximate surface area is 90.7 Å². The van der Waals surface area contributed by atoms with Gasteiger partial charge in [-0.05, 0) is 44.0 Å². The van der Waals surface area contributed by atoms with Crippen LogP contribution in [0.1, 0.15) is 25.3 Å². The third-order valence-corrected chi connectivity index (χ3v) is 3.24. The first-order valence-corrected chi connectivity index (χ1v) is 5.62. The summed E-state index contributed by atoms with van der Waals surface area (Å²) in [6, 6.07) is 8.92. The number of benzene rings is 1. The van der Waals surface area contributed by atoms with E-state index in [1.165, 1.54) is 24.9 Å². The van der Waals surface area contributed by atoms with Gasteiger partial charge in [-0.2, -0.15) is 0 Å². The Bertz CT molecular complexity index is 294. The topological polar surface area (TPSA) is 3.24 Å². The van der Waals surface area contributed by atoms with E-state index in [0.717, 1.165) is 17.6 Å². The maximum Gasteiger partial charge on any atom is 0.0406 e. The molecule has 1 aromatic rings. The van der Waals surface area contributed by atoms with E-state index in [4.69, 9.17) is 11.6 Å². The third-order valence-electron chi connectivity index (χ3n) is 2.99. The van der Waals surface area contributed by atoms with Crippen molar-refractivity contribution >= 4 is 11.6 Å². The number of rotatable bonds is 2. The number of likely N-dealkylation sites (tertiary alicyclic amines) is 1.